The molecule has 2 atom stereocenters. The predicted molar refractivity (Wildman–Crippen MR) is 32.4 cm³/mol. The second-order valence-corrected chi connectivity index (χ2v) is 1.99. The lowest BCUT2D eigenvalue weighted by Crippen LogP contribution is -2.40. The monoisotopic (exact) mass is 148 g/mol. The normalized spacial score (nSPS) is 15.8. The number of rotatable bonds is 3. The Morgan fingerprint density at radius 1 is 1.30 bits per heavy atom. The minimum atomic E-state index is -1.32. The van der Waals surface area contributed by atoms with Gasteiger partial charge in [0.1, 0.15) is 6.04 Å². The molecular weight excluding hydrogens is 139 g/mol. The number of carbonyl (C=O) groups is 2. The van der Waals surface area contributed by atoms with Crippen molar-refractivity contribution < 1.29 is 19.8 Å². The third-order valence-corrected chi connectivity index (χ3v) is 1.21. The van der Waals surface area contributed by atoms with Crippen LogP contribution in [0.15, 0.2) is 0 Å². The number of carboxylic acid groups (broad SMARTS) is 2. The Kier molecular flexibility index (Phi) is 2.82. The van der Waals surface area contributed by atoms with Crippen molar-refractivity contribution in [1.29, 1.82) is 0 Å². The lowest BCUT2D eigenvalue weighted by atomic mass is 10.1. The van der Waals surface area contributed by atoms with Crippen LogP contribution in [0.2, 0.25) is 0 Å². The van der Waals surface area contributed by atoms with Crippen molar-refractivity contribution in [3.63, 3.8) is 0 Å². The zero-order chi connectivity index (χ0) is 8.31. The Bertz CT molecular complexity index is 138. The molecule has 5 nitrogen and oxygen atoms in total. The summed E-state index contributed by atoms with van der Waals surface area (Å²) in [6.45, 7) is 1.25. The number of aliphatic carboxylic acids is 2. The first-order valence-electron chi connectivity index (χ1n) is 2.68. The molecule has 0 aliphatic rings. The van der Waals surface area contributed by atoms with Crippen LogP contribution in [0.5, 0.6) is 0 Å². The summed E-state index contributed by atoms with van der Waals surface area (Å²) in [6.07, 6.45) is 0. The van der Waals surface area contributed by atoms with Gasteiger partial charge >= 0.3 is 11.9 Å². The molecule has 58 valence electrons. The summed E-state index contributed by atoms with van der Waals surface area (Å²) in [5, 5.41) is 16.5. The second kappa shape index (κ2) is 3.17. The Balaban J connectivity index is 4.07. The highest BCUT2D eigenvalue weighted by Gasteiger charge is 2.25. The SMILES string of the molecule is [13CH3][C@H](C(=O)O)[C@H](N)C(=O)O. The molecule has 10 heavy (non-hydrogen) atoms. The standard InChI is InChI=1S/C5H9NO4/c1-2(4(7)8)3(6)5(9)10/h2-3H,6H2,1H3,(H,7,8)(H,9,10)/t2-,3-/m0/s1/i1+1. The van der Waals surface area contributed by atoms with Gasteiger partial charge in [-0.05, 0) is 6.92 Å². The summed E-state index contributed by atoms with van der Waals surface area (Å²) in [5.74, 6) is -3.54. The molecule has 0 aliphatic heterocycles. The van der Waals surface area contributed by atoms with Crippen molar-refractivity contribution in [3.8, 4) is 0 Å². The summed E-state index contributed by atoms with van der Waals surface area (Å²) in [5.41, 5.74) is 4.98. The van der Waals surface area contributed by atoms with Crippen molar-refractivity contribution in [2.45, 2.75) is 13.0 Å². The van der Waals surface area contributed by atoms with Gasteiger partial charge in [0, 0.05) is 0 Å². The first-order valence-corrected chi connectivity index (χ1v) is 2.68. The molecule has 0 aromatic rings. The molecule has 5 heteroatoms. The number of carboxylic acids is 2. The van der Waals surface area contributed by atoms with E-state index in [0.29, 0.717) is 0 Å². The van der Waals surface area contributed by atoms with Crippen LogP contribution in [0.1, 0.15) is 6.92 Å². The fourth-order valence-corrected chi connectivity index (χ4v) is 0.367. The lowest BCUT2D eigenvalue weighted by molar-refractivity contribution is -0.149. The lowest BCUT2D eigenvalue weighted by Gasteiger charge is -2.09. The predicted octanol–water partition coefficient (Wildman–Crippen LogP) is -0.881. The molecular formula is C5H9NO4. The average Bonchev–Trinajstić information content (AvgIpc) is 1.84. The van der Waals surface area contributed by atoms with E-state index in [-0.39, 0.29) is 0 Å². The van der Waals surface area contributed by atoms with Gasteiger partial charge in [-0.2, -0.15) is 0 Å². The van der Waals surface area contributed by atoms with Crippen molar-refractivity contribution in [2.24, 2.45) is 11.7 Å². The zero-order valence-electron chi connectivity index (χ0n) is 5.44. The summed E-state index contributed by atoms with van der Waals surface area (Å²) in [7, 11) is 0. The Hall–Kier alpha value is -1.10. The minimum absolute atomic E-state index is 1.04. The van der Waals surface area contributed by atoms with Crippen molar-refractivity contribution in [1.82, 2.24) is 0 Å². The van der Waals surface area contributed by atoms with Crippen LogP contribution in [-0.2, 0) is 9.59 Å². The van der Waals surface area contributed by atoms with Gasteiger partial charge in [-0.15, -0.1) is 0 Å². The van der Waals surface area contributed by atoms with Crippen LogP contribution in [0, 0.1) is 5.92 Å². The van der Waals surface area contributed by atoms with E-state index in [4.69, 9.17) is 15.9 Å². The van der Waals surface area contributed by atoms with E-state index < -0.39 is 23.9 Å². The molecule has 0 amide bonds. The molecule has 0 saturated carbocycles. The highest BCUT2D eigenvalue weighted by atomic mass is 16.4. The van der Waals surface area contributed by atoms with E-state index in [0.717, 1.165) is 0 Å². The maximum Gasteiger partial charge on any atom is 0.321 e. The van der Waals surface area contributed by atoms with Crippen molar-refractivity contribution in [2.75, 3.05) is 0 Å². The maximum absolute atomic E-state index is 10.1. The molecule has 0 heterocycles. The van der Waals surface area contributed by atoms with Crippen molar-refractivity contribution in [3.05, 3.63) is 0 Å². The first-order chi connectivity index (χ1) is 4.46. The second-order valence-electron chi connectivity index (χ2n) is 1.99. The molecule has 0 spiro atoms. The van der Waals surface area contributed by atoms with Gasteiger partial charge in [0.15, 0.2) is 0 Å². The summed E-state index contributed by atoms with van der Waals surface area (Å²) < 4.78 is 0. The molecule has 4 N–H and O–H groups in total. The molecule has 0 aliphatic carbocycles. The molecule has 0 saturated heterocycles. The number of hydrogen-bond acceptors (Lipinski definition) is 3. The zero-order valence-corrected chi connectivity index (χ0v) is 5.44. The van der Waals surface area contributed by atoms with Gasteiger partial charge in [0.25, 0.3) is 0 Å². The van der Waals surface area contributed by atoms with Crippen LogP contribution in [0.25, 0.3) is 0 Å². The van der Waals surface area contributed by atoms with Crippen LogP contribution >= 0.6 is 0 Å². The van der Waals surface area contributed by atoms with Gasteiger partial charge in [-0.25, -0.2) is 0 Å². The van der Waals surface area contributed by atoms with Crippen molar-refractivity contribution >= 4 is 11.9 Å². The van der Waals surface area contributed by atoms with Gasteiger partial charge in [0.2, 0.25) is 0 Å². The molecule has 0 bridgehead atoms. The first kappa shape index (κ1) is 8.90. The Morgan fingerprint density at radius 2 is 1.70 bits per heavy atom. The van der Waals surface area contributed by atoms with E-state index in [1.807, 2.05) is 0 Å². The third kappa shape index (κ3) is 2.02. The van der Waals surface area contributed by atoms with Gasteiger partial charge in [-0.3, -0.25) is 9.59 Å². The van der Waals surface area contributed by atoms with Gasteiger partial charge in [-0.1, -0.05) is 0 Å². The average molecular weight is 148 g/mol. The molecule has 0 aromatic carbocycles. The Labute approximate surface area is 57.5 Å². The highest BCUT2D eigenvalue weighted by molar-refractivity contribution is 5.82. The Morgan fingerprint density at radius 3 is 1.80 bits per heavy atom. The van der Waals surface area contributed by atoms with E-state index in [2.05, 4.69) is 0 Å². The number of hydrogen-bond donors (Lipinski definition) is 3. The maximum atomic E-state index is 10.1. The fraction of sp³-hybridized carbons (Fsp3) is 0.600. The molecule has 0 fully saturated rings. The molecule has 0 rings (SSSR count). The number of nitrogens with two attached hydrogens (primary N) is 1. The summed E-state index contributed by atoms with van der Waals surface area (Å²) in [6, 6.07) is -1.32. The van der Waals surface area contributed by atoms with E-state index in [1.165, 1.54) is 6.92 Å². The molecule has 0 unspecified atom stereocenters. The summed E-state index contributed by atoms with van der Waals surface area (Å²) >= 11 is 0. The third-order valence-electron chi connectivity index (χ3n) is 1.21. The van der Waals surface area contributed by atoms with Crippen LogP contribution in [0.3, 0.4) is 0 Å². The summed E-state index contributed by atoms with van der Waals surface area (Å²) in [4.78, 5) is 20.2. The van der Waals surface area contributed by atoms with Gasteiger partial charge in [0.05, 0.1) is 5.92 Å². The molecule has 0 radical (unpaired) electrons. The van der Waals surface area contributed by atoms with Crippen LogP contribution in [-0.4, -0.2) is 28.2 Å². The fourth-order valence-electron chi connectivity index (χ4n) is 0.367. The largest absolute Gasteiger partial charge is 0.481 e. The van der Waals surface area contributed by atoms with Crippen LogP contribution < -0.4 is 5.73 Å². The molecule has 0 aromatic heterocycles. The van der Waals surface area contributed by atoms with Crippen LogP contribution in [0.4, 0.5) is 0 Å². The quantitative estimate of drug-likeness (QED) is 0.451. The van der Waals surface area contributed by atoms with Gasteiger partial charge < -0.3 is 15.9 Å². The van der Waals surface area contributed by atoms with E-state index in [1.54, 1.807) is 0 Å². The topological polar surface area (TPSA) is 101 Å². The van der Waals surface area contributed by atoms with E-state index >= 15 is 0 Å². The smallest absolute Gasteiger partial charge is 0.321 e. The minimum Gasteiger partial charge on any atom is -0.481 e. The van der Waals surface area contributed by atoms with E-state index in [9.17, 15) is 9.59 Å². The highest BCUT2D eigenvalue weighted by Crippen LogP contribution is 1.99.